The van der Waals surface area contributed by atoms with E-state index in [0.717, 1.165) is 33.9 Å². The van der Waals surface area contributed by atoms with Crippen LogP contribution in [0.3, 0.4) is 0 Å². The Morgan fingerprint density at radius 3 is 1.20 bits per heavy atom. The monoisotopic (exact) mass is 883 g/mol. The van der Waals surface area contributed by atoms with E-state index in [0.29, 0.717) is 0 Å². The first-order valence-electron chi connectivity index (χ1n) is 20.5. The summed E-state index contributed by atoms with van der Waals surface area (Å²) >= 11 is 0. The molecular formula is C69H27N2+. The van der Waals surface area contributed by atoms with Gasteiger partial charge in [-0.3, -0.25) is 4.90 Å². The van der Waals surface area contributed by atoms with Gasteiger partial charge in [-0.2, -0.15) is 0 Å². The number of benzene rings is 2. The lowest BCUT2D eigenvalue weighted by Gasteiger charge is -2.22. The van der Waals surface area contributed by atoms with Crippen molar-refractivity contribution in [3.63, 3.8) is 0 Å². The van der Waals surface area contributed by atoms with Gasteiger partial charge in [-0.15, -0.1) is 17.4 Å². The third-order valence-corrected chi connectivity index (χ3v) is 8.86. The minimum atomic E-state index is -0.330. The Labute approximate surface area is 420 Å². The van der Waals surface area contributed by atoms with E-state index in [-0.39, 0.29) is 10.8 Å². The second-order valence-electron chi connectivity index (χ2n) is 13.9. The smallest absolute Gasteiger partial charge is 0.243 e. The SMILES string of the molecule is C#CC#CC#CC#CC#CC#CC#CC#CC#CC#CC#CN1\C(=C/C=C/C=C/C2=[N+](C#CC#CC#CC#CC#CC#CC#CC#CC#CC#CC#C)c3ccccc3C2(C)C)C(C)(C)c2ccccc21. The van der Waals surface area contributed by atoms with Crippen molar-refractivity contribution >= 4 is 17.1 Å². The zero-order valence-electron chi connectivity index (χ0n) is 38.6. The molecule has 0 amide bonds. The van der Waals surface area contributed by atoms with Crippen LogP contribution in [0.2, 0.25) is 0 Å². The molecule has 0 unspecified atom stereocenters. The molecule has 2 aromatic carbocycles. The molecule has 0 saturated carbocycles. The van der Waals surface area contributed by atoms with Crippen molar-refractivity contribution in [2.45, 2.75) is 38.5 Å². The van der Waals surface area contributed by atoms with Crippen LogP contribution in [0.1, 0.15) is 38.8 Å². The average Bonchev–Trinajstić information content (AvgIpc) is 3.72. The highest BCUT2D eigenvalue weighted by Gasteiger charge is 2.44. The molecule has 0 spiro atoms. The molecule has 312 valence electrons. The number of anilines is 1. The topological polar surface area (TPSA) is 6.25 Å². The molecule has 2 aliphatic rings. The van der Waals surface area contributed by atoms with Crippen LogP contribution in [0.4, 0.5) is 11.4 Å². The highest BCUT2D eigenvalue weighted by Crippen LogP contribution is 2.47. The van der Waals surface area contributed by atoms with Crippen molar-refractivity contribution in [1.82, 2.24) is 0 Å². The number of terminal acetylenes is 2. The zero-order chi connectivity index (χ0) is 50.5. The van der Waals surface area contributed by atoms with Gasteiger partial charge in [-0.05, 0) is 126 Å². The normalized spacial score (nSPS) is 10.8. The Morgan fingerprint density at radius 1 is 0.394 bits per heavy atom. The van der Waals surface area contributed by atoms with E-state index in [2.05, 4.69) is 301 Å². The van der Waals surface area contributed by atoms with E-state index < -0.39 is 0 Å². The Balaban J connectivity index is 1.46. The van der Waals surface area contributed by atoms with E-state index in [1.807, 2.05) is 64.1 Å². The van der Waals surface area contributed by atoms with Gasteiger partial charge in [0.25, 0.3) is 0 Å². The van der Waals surface area contributed by atoms with Crippen LogP contribution in [-0.2, 0) is 10.8 Å². The maximum Gasteiger partial charge on any atom is 0.243 e. The summed E-state index contributed by atoms with van der Waals surface area (Å²) in [5.74, 6) is 102. The lowest BCUT2D eigenvalue weighted by Crippen LogP contribution is -2.26. The van der Waals surface area contributed by atoms with Crippen LogP contribution in [-0.4, -0.2) is 10.3 Å². The molecule has 0 atom stereocenters. The second-order valence-corrected chi connectivity index (χ2v) is 13.9. The largest absolute Gasteiger partial charge is 0.272 e. The number of nitrogens with zero attached hydrogens (tertiary/aromatic N) is 2. The average molecular weight is 884 g/mol. The summed E-state index contributed by atoms with van der Waals surface area (Å²) in [7, 11) is 0. The van der Waals surface area contributed by atoms with E-state index in [1.54, 1.807) is 0 Å². The summed E-state index contributed by atoms with van der Waals surface area (Å²) in [6, 6.07) is 22.8. The van der Waals surface area contributed by atoms with Gasteiger partial charge >= 0.3 is 0 Å². The van der Waals surface area contributed by atoms with Gasteiger partial charge in [-0.1, -0.05) is 68.5 Å². The molecular weight excluding hydrogens is 857 g/mol. The van der Waals surface area contributed by atoms with Crippen molar-refractivity contribution in [3.8, 4) is 262 Å². The summed E-state index contributed by atoms with van der Waals surface area (Å²) < 4.78 is 1.97. The summed E-state index contributed by atoms with van der Waals surface area (Å²) in [5, 5.41) is 0. The molecule has 0 aliphatic carbocycles. The predicted molar refractivity (Wildman–Crippen MR) is 286 cm³/mol. The molecule has 2 heteroatoms. The van der Waals surface area contributed by atoms with Crippen LogP contribution in [0, 0.1) is 262 Å². The van der Waals surface area contributed by atoms with E-state index in [1.165, 1.54) is 0 Å². The third kappa shape index (κ3) is 17.2. The van der Waals surface area contributed by atoms with Gasteiger partial charge in [0.1, 0.15) is 0 Å². The van der Waals surface area contributed by atoms with Gasteiger partial charge in [0.15, 0.2) is 0 Å². The van der Waals surface area contributed by atoms with Crippen molar-refractivity contribution in [2.75, 3.05) is 4.90 Å². The second kappa shape index (κ2) is 29.7. The minimum absolute atomic E-state index is 0.330. The third-order valence-electron chi connectivity index (χ3n) is 8.86. The summed E-state index contributed by atoms with van der Waals surface area (Å²) in [6.07, 6.45) is 20.1. The molecule has 0 N–H and O–H groups in total. The predicted octanol–water partition coefficient (Wildman–Crippen LogP) is 6.11. The Kier molecular flexibility index (Phi) is 21.4. The molecule has 2 heterocycles. The Bertz CT molecular complexity index is 4190. The van der Waals surface area contributed by atoms with Crippen molar-refractivity contribution in [2.24, 2.45) is 0 Å². The fraction of sp³-hybridized carbons (Fsp3) is 0.0870. The fourth-order valence-corrected chi connectivity index (χ4v) is 5.96. The van der Waals surface area contributed by atoms with Crippen LogP contribution < -0.4 is 4.90 Å². The molecule has 0 radical (unpaired) electrons. The van der Waals surface area contributed by atoms with Crippen LogP contribution in [0.15, 0.2) is 84.6 Å². The highest BCUT2D eigenvalue weighted by atomic mass is 15.2. The quantitative estimate of drug-likeness (QED) is 0.205. The molecule has 71 heavy (non-hydrogen) atoms. The summed E-state index contributed by atoms with van der Waals surface area (Å²) in [6.45, 7) is 8.69. The van der Waals surface area contributed by atoms with Gasteiger partial charge in [0.2, 0.25) is 17.4 Å². The number of rotatable bonds is 3. The Morgan fingerprint density at radius 2 is 0.761 bits per heavy atom. The van der Waals surface area contributed by atoms with Gasteiger partial charge < -0.3 is 0 Å². The minimum Gasteiger partial charge on any atom is -0.272 e. The van der Waals surface area contributed by atoms with Crippen LogP contribution in [0.5, 0.6) is 0 Å². The first kappa shape index (κ1) is 51.1. The van der Waals surface area contributed by atoms with Crippen molar-refractivity contribution in [1.29, 1.82) is 0 Å². The first-order chi connectivity index (χ1) is 34.8. The Hall–Kier alpha value is -12.6. The number of allylic oxidation sites excluding steroid dienone is 6. The van der Waals surface area contributed by atoms with Gasteiger partial charge in [0, 0.05) is 171 Å². The molecule has 0 saturated heterocycles. The summed E-state index contributed by atoms with van der Waals surface area (Å²) in [5.41, 5.74) is 5.60. The van der Waals surface area contributed by atoms with Crippen LogP contribution >= 0.6 is 0 Å². The maximum absolute atomic E-state index is 4.99. The molecule has 2 aromatic rings. The summed E-state index contributed by atoms with van der Waals surface area (Å²) in [4.78, 5) is 1.97. The first-order valence-corrected chi connectivity index (χ1v) is 20.5. The van der Waals surface area contributed by atoms with E-state index >= 15 is 0 Å². The van der Waals surface area contributed by atoms with Crippen molar-refractivity contribution in [3.05, 3.63) is 95.7 Å². The standard InChI is InChI=1S/C69H27N2/c1-7-9-11-13-15-17-19-21-23-25-27-29-31-33-35-37-39-41-43-52-60-70-64-56-50-48-54-62(64)68(3,4)66(70)58-46-45-47-59-67-69(5,6)63-55-49-51-57-65(63)71(67)61-53-44-42-40-38-36-34-32-30-28-26-24-22-20-18-16-14-12-10-8-2/h1-2,45-51,54-59H,3-6H3/q+1. The molecule has 0 aromatic heterocycles. The molecule has 2 nitrogen and oxygen atoms in total. The molecule has 2 aliphatic heterocycles. The number of hydrogen-bond donors (Lipinski definition) is 0. The van der Waals surface area contributed by atoms with E-state index in [9.17, 15) is 0 Å². The lowest BCUT2D eigenvalue weighted by atomic mass is 9.81. The number of para-hydroxylation sites is 2. The molecule has 0 fully saturated rings. The number of fused-ring (bicyclic) bond motifs is 2. The fourth-order valence-electron chi connectivity index (χ4n) is 5.96. The van der Waals surface area contributed by atoms with E-state index in [4.69, 9.17) is 12.8 Å². The van der Waals surface area contributed by atoms with Gasteiger partial charge in [0.05, 0.1) is 17.0 Å². The maximum atomic E-state index is 4.99. The van der Waals surface area contributed by atoms with Crippen molar-refractivity contribution < 1.29 is 4.58 Å². The highest BCUT2D eigenvalue weighted by molar-refractivity contribution is 6.03. The molecule has 4 rings (SSSR count). The zero-order valence-corrected chi connectivity index (χ0v) is 38.6. The van der Waals surface area contributed by atoms with Crippen LogP contribution in [0.25, 0.3) is 0 Å². The molecule has 0 bridgehead atoms. The number of hydrogen-bond acceptors (Lipinski definition) is 1. The lowest BCUT2D eigenvalue weighted by molar-refractivity contribution is -0.332. The van der Waals surface area contributed by atoms with Gasteiger partial charge in [-0.25, -0.2) is 0 Å².